The second-order valence-electron chi connectivity index (χ2n) is 8.64. The van der Waals surface area contributed by atoms with Gasteiger partial charge in [0, 0.05) is 24.1 Å². The zero-order chi connectivity index (χ0) is 21.6. The van der Waals surface area contributed by atoms with Gasteiger partial charge in [0.15, 0.2) is 5.78 Å². The number of Topliss-reactive ketones (excluding diaryl/α,β-unsaturated/α-hetero) is 1. The number of para-hydroxylation sites is 2. The van der Waals surface area contributed by atoms with Gasteiger partial charge in [0.2, 0.25) is 5.91 Å². The summed E-state index contributed by atoms with van der Waals surface area (Å²) in [6.07, 6.45) is 1.41. The summed E-state index contributed by atoms with van der Waals surface area (Å²) in [5.41, 5.74) is 3.45. The average Bonchev–Trinajstić information content (AvgIpc) is 2.82. The van der Waals surface area contributed by atoms with Crippen molar-refractivity contribution in [1.29, 1.82) is 0 Å². The van der Waals surface area contributed by atoms with Gasteiger partial charge >= 0.3 is 0 Å². The van der Waals surface area contributed by atoms with Crippen LogP contribution < -0.4 is 10.2 Å². The molecular formula is C24H24Cl2N2O2. The molecule has 0 saturated carbocycles. The number of ketones is 1. The number of hydrogen-bond donors (Lipinski definition) is 1. The molecule has 1 aliphatic heterocycles. The monoisotopic (exact) mass is 442 g/mol. The van der Waals surface area contributed by atoms with Crippen molar-refractivity contribution in [3.05, 3.63) is 69.3 Å². The summed E-state index contributed by atoms with van der Waals surface area (Å²) in [5.74, 6) is -0.0619. The summed E-state index contributed by atoms with van der Waals surface area (Å²) in [7, 11) is 0. The Hall–Kier alpha value is -2.30. The molecule has 30 heavy (non-hydrogen) atoms. The SMILES string of the molecule is CCC(=O)N1c2ccccc2NC2=C(C(=O)CC(C)(C)C2)C1c1cccc(Cl)c1Cl. The van der Waals surface area contributed by atoms with Crippen molar-refractivity contribution in [2.45, 2.75) is 46.1 Å². The van der Waals surface area contributed by atoms with E-state index in [-0.39, 0.29) is 17.1 Å². The van der Waals surface area contributed by atoms with Crippen LogP contribution in [-0.4, -0.2) is 11.7 Å². The molecule has 0 bridgehead atoms. The van der Waals surface area contributed by atoms with Gasteiger partial charge in [-0.3, -0.25) is 14.5 Å². The van der Waals surface area contributed by atoms with Gasteiger partial charge in [-0.15, -0.1) is 0 Å². The first-order valence-corrected chi connectivity index (χ1v) is 10.9. The van der Waals surface area contributed by atoms with Crippen LogP contribution in [0, 0.1) is 5.41 Å². The predicted octanol–water partition coefficient (Wildman–Crippen LogP) is 6.55. The third-order valence-corrected chi connectivity index (χ3v) is 6.58. The average molecular weight is 443 g/mol. The molecule has 1 unspecified atom stereocenters. The fourth-order valence-electron chi connectivity index (χ4n) is 4.46. The van der Waals surface area contributed by atoms with E-state index in [2.05, 4.69) is 19.2 Å². The van der Waals surface area contributed by atoms with E-state index in [1.807, 2.05) is 37.3 Å². The van der Waals surface area contributed by atoms with Gasteiger partial charge in [0.1, 0.15) is 0 Å². The molecule has 6 heteroatoms. The maximum atomic E-state index is 13.5. The zero-order valence-corrected chi connectivity index (χ0v) is 18.8. The Morgan fingerprint density at radius 2 is 1.87 bits per heavy atom. The summed E-state index contributed by atoms with van der Waals surface area (Å²) < 4.78 is 0. The Kier molecular flexibility index (Phi) is 5.41. The number of fused-ring (bicyclic) bond motifs is 1. The van der Waals surface area contributed by atoms with E-state index in [0.717, 1.165) is 17.1 Å². The van der Waals surface area contributed by atoms with Crippen LogP contribution in [0.5, 0.6) is 0 Å². The van der Waals surface area contributed by atoms with Crippen molar-refractivity contribution in [1.82, 2.24) is 0 Å². The molecule has 1 N–H and O–H groups in total. The Morgan fingerprint density at radius 3 is 2.60 bits per heavy atom. The molecule has 0 aromatic heterocycles. The molecule has 0 radical (unpaired) electrons. The molecule has 2 aliphatic rings. The van der Waals surface area contributed by atoms with E-state index >= 15 is 0 Å². The van der Waals surface area contributed by atoms with E-state index in [0.29, 0.717) is 40.4 Å². The summed E-state index contributed by atoms with van der Waals surface area (Å²) in [5, 5.41) is 4.24. The molecule has 156 valence electrons. The summed E-state index contributed by atoms with van der Waals surface area (Å²) in [6.45, 7) is 5.99. The number of benzene rings is 2. The third-order valence-electron chi connectivity index (χ3n) is 5.75. The van der Waals surface area contributed by atoms with Crippen molar-refractivity contribution in [2.75, 3.05) is 10.2 Å². The first-order chi connectivity index (χ1) is 14.2. The van der Waals surface area contributed by atoms with E-state index in [1.165, 1.54) is 0 Å². The molecule has 0 saturated heterocycles. The minimum atomic E-state index is -0.640. The fourth-order valence-corrected chi connectivity index (χ4v) is 4.87. The van der Waals surface area contributed by atoms with Crippen LogP contribution in [0.1, 0.15) is 51.6 Å². The van der Waals surface area contributed by atoms with Crippen LogP contribution in [0.25, 0.3) is 0 Å². The van der Waals surface area contributed by atoms with Crippen molar-refractivity contribution < 1.29 is 9.59 Å². The number of allylic oxidation sites excluding steroid dienone is 1. The topological polar surface area (TPSA) is 49.4 Å². The summed E-state index contributed by atoms with van der Waals surface area (Å²) in [6, 6.07) is 12.4. The predicted molar refractivity (Wildman–Crippen MR) is 122 cm³/mol. The van der Waals surface area contributed by atoms with Gasteiger partial charge < -0.3 is 5.32 Å². The lowest BCUT2D eigenvalue weighted by Gasteiger charge is -2.37. The minimum absolute atomic E-state index is 0.0245. The molecule has 4 nitrogen and oxygen atoms in total. The van der Waals surface area contributed by atoms with Gasteiger partial charge in [-0.2, -0.15) is 0 Å². The van der Waals surface area contributed by atoms with E-state index in [9.17, 15) is 9.59 Å². The van der Waals surface area contributed by atoms with Crippen molar-refractivity contribution in [3.63, 3.8) is 0 Å². The highest BCUT2D eigenvalue weighted by molar-refractivity contribution is 6.42. The number of carbonyl (C=O) groups excluding carboxylic acids is 2. The molecular weight excluding hydrogens is 419 g/mol. The highest BCUT2D eigenvalue weighted by Crippen LogP contribution is 2.50. The number of hydrogen-bond acceptors (Lipinski definition) is 3. The molecule has 1 amide bonds. The third kappa shape index (κ3) is 3.52. The van der Waals surface area contributed by atoms with E-state index in [4.69, 9.17) is 23.2 Å². The summed E-state index contributed by atoms with van der Waals surface area (Å²) in [4.78, 5) is 28.4. The lowest BCUT2D eigenvalue weighted by atomic mass is 9.73. The smallest absolute Gasteiger partial charge is 0.227 e. The summed E-state index contributed by atoms with van der Waals surface area (Å²) >= 11 is 13.0. The van der Waals surface area contributed by atoms with Crippen LogP contribution in [0.2, 0.25) is 10.0 Å². The number of anilines is 2. The molecule has 2 aromatic rings. The second-order valence-corrected chi connectivity index (χ2v) is 9.42. The van der Waals surface area contributed by atoms with Gasteiger partial charge in [-0.25, -0.2) is 0 Å². The zero-order valence-electron chi connectivity index (χ0n) is 17.3. The van der Waals surface area contributed by atoms with Crippen LogP contribution in [0.3, 0.4) is 0 Å². The molecule has 0 spiro atoms. The number of carbonyl (C=O) groups is 2. The molecule has 4 rings (SSSR count). The minimum Gasteiger partial charge on any atom is -0.357 e. The number of rotatable bonds is 2. The normalized spacial score (nSPS) is 20.2. The van der Waals surface area contributed by atoms with Crippen LogP contribution in [0.4, 0.5) is 11.4 Å². The van der Waals surface area contributed by atoms with Crippen molar-refractivity contribution in [2.24, 2.45) is 5.41 Å². The maximum Gasteiger partial charge on any atom is 0.227 e. The van der Waals surface area contributed by atoms with Crippen LogP contribution in [-0.2, 0) is 9.59 Å². The number of nitrogens with one attached hydrogen (secondary N) is 1. The Bertz CT molecular complexity index is 1070. The highest BCUT2D eigenvalue weighted by atomic mass is 35.5. The first kappa shape index (κ1) is 21.0. The van der Waals surface area contributed by atoms with Gasteiger partial charge in [-0.05, 0) is 35.6 Å². The van der Waals surface area contributed by atoms with Gasteiger partial charge in [0.25, 0.3) is 0 Å². The lowest BCUT2D eigenvalue weighted by molar-refractivity contribution is -0.119. The molecule has 1 atom stereocenters. The Morgan fingerprint density at radius 1 is 1.13 bits per heavy atom. The number of nitrogens with zero attached hydrogens (tertiary/aromatic N) is 1. The number of amides is 1. The van der Waals surface area contributed by atoms with E-state index < -0.39 is 6.04 Å². The lowest BCUT2D eigenvalue weighted by Crippen LogP contribution is -2.39. The van der Waals surface area contributed by atoms with Gasteiger partial charge in [-0.1, -0.05) is 68.2 Å². The number of halogens is 2. The quantitative estimate of drug-likeness (QED) is 0.573. The Labute approximate surface area is 186 Å². The molecule has 0 fully saturated rings. The van der Waals surface area contributed by atoms with Crippen LogP contribution >= 0.6 is 23.2 Å². The van der Waals surface area contributed by atoms with E-state index in [1.54, 1.807) is 17.0 Å². The Balaban J connectivity index is 2.06. The highest BCUT2D eigenvalue weighted by Gasteiger charge is 2.43. The second kappa shape index (κ2) is 7.75. The maximum absolute atomic E-state index is 13.5. The molecule has 1 aliphatic carbocycles. The molecule has 1 heterocycles. The van der Waals surface area contributed by atoms with Gasteiger partial charge in [0.05, 0.1) is 27.5 Å². The van der Waals surface area contributed by atoms with Crippen molar-refractivity contribution >= 4 is 46.3 Å². The fraction of sp³-hybridized carbons (Fsp3) is 0.333. The standard InChI is InChI=1S/C24H24Cl2N2O2/c1-4-20(30)28-18-11-6-5-10-16(18)27-17-12-24(2,3)13-19(29)21(17)23(28)14-8-7-9-15(25)22(14)26/h5-11,23,27H,4,12-13H2,1-3H3. The largest absolute Gasteiger partial charge is 0.357 e. The first-order valence-electron chi connectivity index (χ1n) is 10.1. The van der Waals surface area contributed by atoms with Crippen LogP contribution in [0.15, 0.2) is 53.7 Å². The van der Waals surface area contributed by atoms with Crippen molar-refractivity contribution in [3.8, 4) is 0 Å². The molecule has 2 aromatic carbocycles.